The van der Waals surface area contributed by atoms with E-state index in [2.05, 4.69) is 0 Å². The quantitative estimate of drug-likeness (QED) is 0.397. The summed E-state index contributed by atoms with van der Waals surface area (Å²) in [7, 11) is 0. The van der Waals surface area contributed by atoms with Crippen LogP contribution in [0.1, 0.15) is 41.6 Å². The zero-order chi connectivity index (χ0) is 17.0. The van der Waals surface area contributed by atoms with Crippen LogP contribution in [0.2, 0.25) is 0 Å². The van der Waals surface area contributed by atoms with Crippen molar-refractivity contribution in [3.8, 4) is 5.75 Å². The highest BCUT2D eigenvalue weighted by Crippen LogP contribution is 2.14. The molecular weight excluding hydrogens is 300 g/mol. The summed E-state index contributed by atoms with van der Waals surface area (Å²) >= 11 is 0. The van der Waals surface area contributed by atoms with Crippen LogP contribution in [0.4, 0.5) is 0 Å². The third-order valence-corrected chi connectivity index (χ3v) is 3.69. The second-order valence-electron chi connectivity index (χ2n) is 5.62. The third kappa shape index (κ3) is 6.39. The lowest BCUT2D eigenvalue weighted by Crippen LogP contribution is -1.97. The van der Waals surface area contributed by atoms with Gasteiger partial charge in [0, 0.05) is 12.2 Å². The molecule has 2 aromatic carbocycles. The van der Waals surface area contributed by atoms with E-state index < -0.39 is 0 Å². The van der Waals surface area contributed by atoms with Crippen LogP contribution in [-0.2, 0) is 0 Å². The first-order valence-corrected chi connectivity index (χ1v) is 8.41. The molecule has 0 spiro atoms. The van der Waals surface area contributed by atoms with Gasteiger partial charge in [-0.3, -0.25) is 4.79 Å². The molecule has 0 aliphatic heterocycles. The number of rotatable bonds is 10. The van der Waals surface area contributed by atoms with Crippen LogP contribution < -0.4 is 4.74 Å². The average Bonchev–Trinajstić information content (AvgIpc) is 2.64. The number of ketones is 1. The molecule has 1 N–H and O–H groups in total. The number of aliphatic hydroxyl groups is 1. The molecule has 0 unspecified atom stereocenters. The molecule has 0 bridgehead atoms. The number of unbranched alkanes of at least 4 members (excludes halogenated alkanes) is 3. The number of allylic oxidation sites excluding steroid dienone is 1. The zero-order valence-corrected chi connectivity index (χ0v) is 13.9. The molecule has 0 aromatic heterocycles. The summed E-state index contributed by atoms with van der Waals surface area (Å²) in [6.45, 7) is 0.954. The Morgan fingerprint density at radius 3 is 2.33 bits per heavy atom. The van der Waals surface area contributed by atoms with Gasteiger partial charge >= 0.3 is 0 Å². The molecule has 2 aromatic rings. The number of ether oxygens (including phenoxy) is 1. The Hall–Kier alpha value is -2.39. The van der Waals surface area contributed by atoms with E-state index in [0.717, 1.165) is 37.0 Å². The number of hydrogen-bond donors (Lipinski definition) is 1. The lowest BCUT2D eigenvalue weighted by atomic mass is 10.1. The van der Waals surface area contributed by atoms with Crippen molar-refractivity contribution in [2.24, 2.45) is 0 Å². The lowest BCUT2D eigenvalue weighted by Gasteiger charge is -2.06. The normalized spacial score (nSPS) is 10.9. The summed E-state index contributed by atoms with van der Waals surface area (Å²) in [5.74, 6) is 0.836. The number of hydrogen-bond acceptors (Lipinski definition) is 3. The molecule has 0 saturated heterocycles. The average molecular weight is 324 g/mol. The second kappa shape index (κ2) is 10.4. The minimum Gasteiger partial charge on any atom is -0.494 e. The minimum absolute atomic E-state index is 0.00111. The van der Waals surface area contributed by atoms with Crippen LogP contribution in [0.25, 0.3) is 6.08 Å². The molecule has 0 fully saturated rings. The van der Waals surface area contributed by atoms with E-state index in [1.165, 1.54) is 0 Å². The standard InChI is InChI=1S/C21H24O3/c22-16-6-1-2-7-17-24-20-13-10-18(11-14-20)12-15-21(23)19-8-4-3-5-9-19/h3-5,8-15,22H,1-2,6-7,16-17H2. The van der Waals surface area contributed by atoms with E-state index in [4.69, 9.17) is 9.84 Å². The van der Waals surface area contributed by atoms with Crippen molar-refractivity contribution in [2.75, 3.05) is 13.2 Å². The van der Waals surface area contributed by atoms with Crippen molar-refractivity contribution in [2.45, 2.75) is 25.7 Å². The van der Waals surface area contributed by atoms with Gasteiger partial charge in [0.2, 0.25) is 0 Å². The first kappa shape index (κ1) is 18.0. The largest absolute Gasteiger partial charge is 0.494 e. The zero-order valence-electron chi connectivity index (χ0n) is 13.9. The van der Waals surface area contributed by atoms with Crippen LogP contribution >= 0.6 is 0 Å². The fraction of sp³-hybridized carbons (Fsp3) is 0.286. The van der Waals surface area contributed by atoms with E-state index in [0.29, 0.717) is 12.2 Å². The van der Waals surface area contributed by atoms with Crippen LogP contribution in [0.15, 0.2) is 60.7 Å². The fourth-order valence-electron chi connectivity index (χ4n) is 2.30. The topological polar surface area (TPSA) is 46.5 Å². The van der Waals surface area contributed by atoms with Crippen molar-refractivity contribution >= 4 is 11.9 Å². The molecular formula is C21H24O3. The van der Waals surface area contributed by atoms with E-state index in [-0.39, 0.29) is 12.4 Å². The highest BCUT2D eigenvalue weighted by Gasteiger charge is 2.00. The summed E-state index contributed by atoms with van der Waals surface area (Å²) < 4.78 is 5.68. The lowest BCUT2D eigenvalue weighted by molar-refractivity contribution is 0.104. The van der Waals surface area contributed by atoms with Crippen LogP contribution in [-0.4, -0.2) is 24.1 Å². The van der Waals surface area contributed by atoms with Gasteiger partial charge in [-0.1, -0.05) is 55.0 Å². The first-order chi connectivity index (χ1) is 11.8. The van der Waals surface area contributed by atoms with Crippen LogP contribution in [0.5, 0.6) is 5.75 Å². The van der Waals surface area contributed by atoms with Crippen LogP contribution in [0, 0.1) is 0 Å². The van der Waals surface area contributed by atoms with Crippen molar-refractivity contribution < 1.29 is 14.6 Å². The van der Waals surface area contributed by atoms with Gasteiger partial charge in [-0.05, 0) is 43.0 Å². The Morgan fingerprint density at radius 2 is 1.62 bits per heavy atom. The summed E-state index contributed by atoms with van der Waals surface area (Å²) in [4.78, 5) is 12.0. The fourth-order valence-corrected chi connectivity index (χ4v) is 2.30. The van der Waals surface area contributed by atoms with E-state index >= 15 is 0 Å². The van der Waals surface area contributed by atoms with Crippen LogP contribution in [0.3, 0.4) is 0 Å². The summed E-state index contributed by atoms with van der Waals surface area (Å²) in [6, 6.07) is 16.9. The van der Waals surface area contributed by atoms with E-state index in [1.807, 2.05) is 60.7 Å². The molecule has 0 radical (unpaired) electrons. The monoisotopic (exact) mass is 324 g/mol. The molecule has 0 atom stereocenters. The third-order valence-electron chi connectivity index (χ3n) is 3.69. The molecule has 0 heterocycles. The number of carbonyl (C=O) groups is 1. The maximum Gasteiger partial charge on any atom is 0.185 e. The molecule has 0 saturated carbocycles. The molecule has 0 aliphatic carbocycles. The van der Waals surface area contributed by atoms with Gasteiger partial charge in [0.25, 0.3) is 0 Å². The van der Waals surface area contributed by atoms with Gasteiger partial charge in [0.05, 0.1) is 6.61 Å². The molecule has 2 rings (SSSR count). The Bertz CT molecular complexity index is 630. The molecule has 3 heteroatoms. The van der Waals surface area contributed by atoms with Gasteiger partial charge in [0.1, 0.15) is 5.75 Å². The summed E-state index contributed by atoms with van der Waals surface area (Å²) in [6.07, 6.45) is 7.37. The number of benzene rings is 2. The minimum atomic E-state index is -0.00111. The summed E-state index contributed by atoms with van der Waals surface area (Å²) in [5.41, 5.74) is 1.66. The maximum absolute atomic E-state index is 12.0. The molecule has 3 nitrogen and oxygen atoms in total. The predicted octanol–water partition coefficient (Wildman–Crippen LogP) is 4.51. The molecule has 126 valence electrons. The highest BCUT2D eigenvalue weighted by molar-refractivity contribution is 6.06. The van der Waals surface area contributed by atoms with E-state index in [1.54, 1.807) is 6.08 Å². The second-order valence-corrected chi connectivity index (χ2v) is 5.62. The Balaban J connectivity index is 1.77. The van der Waals surface area contributed by atoms with Gasteiger partial charge < -0.3 is 9.84 Å². The smallest absolute Gasteiger partial charge is 0.185 e. The van der Waals surface area contributed by atoms with Gasteiger partial charge in [0.15, 0.2) is 5.78 Å². The molecule has 0 aliphatic rings. The Labute approximate surface area is 143 Å². The number of aliphatic hydroxyl groups excluding tert-OH is 1. The Kier molecular flexibility index (Phi) is 7.78. The van der Waals surface area contributed by atoms with Crippen molar-refractivity contribution in [3.63, 3.8) is 0 Å². The van der Waals surface area contributed by atoms with Crippen molar-refractivity contribution in [1.29, 1.82) is 0 Å². The van der Waals surface area contributed by atoms with Gasteiger partial charge in [-0.25, -0.2) is 0 Å². The maximum atomic E-state index is 12.0. The van der Waals surface area contributed by atoms with Crippen molar-refractivity contribution in [1.82, 2.24) is 0 Å². The first-order valence-electron chi connectivity index (χ1n) is 8.41. The summed E-state index contributed by atoms with van der Waals surface area (Å²) in [5, 5.41) is 8.71. The SMILES string of the molecule is O=C(C=Cc1ccc(OCCCCCCO)cc1)c1ccccc1. The number of carbonyl (C=O) groups excluding carboxylic acids is 1. The molecule has 24 heavy (non-hydrogen) atoms. The van der Waals surface area contributed by atoms with Gasteiger partial charge in [-0.15, -0.1) is 0 Å². The molecule has 0 amide bonds. The highest BCUT2D eigenvalue weighted by atomic mass is 16.5. The predicted molar refractivity (Wildman–Crippen MR) is 97.3 cm³/mol. The Morgan fingerprint density at radius 1 is 0.917 bits per heavy atom. The van der Waals surface area contributed by atoms with Crippen molar-refractivity contribution in [3.05, 3.63) is 71.8 Å². The van der Waals surface area contributed by atoms with E-state index in [9.17, 15) is 4.79 Å². The van der Waals surface area contributed by atoms with Gasteiger partial charge in [-0.2, -0.15) is 0 Å².